The maximum atomic E-state index is 5.54. The van der Waals surface area contributed by atoms with E-state index in [9.17, 15) is 0 Å². The standard InChI is InChI=1S/C9H17N3S/c1-7-4-9(12(3)11-7)6-13-8(2)5-10/h4,8H,5-6,10H2,1-3H3. The van der Waals surface area contributed by atoms with E-state index in [1.807, 2.05) is 30.4 Å². The number of rotatable bonds is 4. The van der Waals surface area contributed by atoms with Crippen LogP contribution < -0.4 is 5.73 Å². The third-order valence-electron chi connectivity index (χ3n) is 1.95. The van der Waals surface area contributed by atoms with Gasteiger partial charge >= 0.3 is 0 Å². The number of nitrogens with zero attached hydrogens (tertiary/aromatic N) is 2. The van der Waals surface area contributed by atoms with E-state index in [1.165, 1.54) is 5.69 Å². The van der Waals surface area contributed by atoms with Crippen LogP contribution in [-0.2, 0) is 12.8 Å². The highest BCUT2D eigenvalue weighted by Gasteiger charge is 2.04. The Morgan fingerprint density at radius 3 is 2.85 bits per heavy atom. The normalized spacial score (nSPS) is 13.2. The summed E-state index contributed by atoms with van der Waals surface area (Å²) in [6.07, 6.45) is 0. The first-order valence-electron chi connectivity index (χ1n) is 4.44. The molecule has 1 aromatic rings. The first-order valence-corrected chi connectivity index (χ1v) is 5.49. The third-order valence-corrected chi connectivity index (χ3v) is 3.17. The van der Waals surface area contributed by atoms with Crippen LogP contribution in [-0.4, -0.2) is 21.6 Å². The van der Waals surface area contributed by atoms with E-state index in [4.69, 9.17) is 5.73 Å². The van der Waals surface area contributed by atoms with E-state index in [0.29, 0.717) is 5.25 Å². The van der Waals surface area contributed by atoms with Gasteiger partial charge in [0.2, 0.25) is 0 Å². The number of hydrogen-bond donors (Lipinski definition) is 1. The molecule has 0 fully saturated rings. The van der Waals surface area contributed by atoms with Crippen LogP contribution in [0.4, 0.5) is 0 Å². The van der Waals surface area contributed by atoms with Crippen molar-refractivity contribution in [2.75, 3.05) is 6.54 Å². The summed E-state index contributed by atoms with van der Waals surface area (Å²) in [7, 11) is 1.98. The van der Waals surface area contributed by atoms with Crippen LogP contribution in [0.1, 0.15) is 18.3 Å². The molecular formula is C9H17N3S. The lowest BCUT2D eigenvalue weighted by Crippen LogP contribution is -2.13. The summed E-state index contributed by atoms with van der Waals surface area (Å²) in [5.74, 6) is 0.996. The highest BCUT2D eigenvalue weighted by Crippen LogP contribution is 2.16. The van der Waals surface area contributed by atoms with Crippen molar-refractivity contribution in [1.82, 2.24) is 9.78 Å². The monoisotopic (exact) mass is 199 g/mol. The van der Waals surface area contributed by atoms with Crippen molar-refractivity contribution in [2.24, 2.45) is 12.8 Å². The highest BCUT2D eigenvalue weighted by atomic mass is 32.2. The Hall–Kier alpha value is -0.480. The average molecular weight is 199 g/mol. The molecule has 1 heterocycles. The Kier molecular flexibility index (Phi) is 3.81. The lowest BCUT2D eigenvalue weighted by Gasteiger charge is -2.07. The molecule has 0 bridgehead atoms. The molecule has 0 aliphatic carbocycles. The molecule has 0 aliphatic rings. The van der Waals surface area contributed by atoms with Crippen LogP contribution in [0.3, 0.4) is 0 Å². The number of nitrogens with two attached hydrogens (primary N) is 1. The van der Waals surface area contributed by atoms with Crippen LogP contribution >= 0.6 is 11.8 Å². The van der Waals surface area contributed by atoms with Gasteiger partial charge in [-0.15, -0.1) is 0 Å². The van der Waals surface area contributed by atoms with Crippen LogP contribution in [0.15, 0.2) is 6.07 Å². The Labute approximate surface area is 83.7 Å². The van der Waals surface area contributed by atoms with Crippen LogP contribution in [0.25, 0.3) is 0 Å². The van der Waals surface area contributed by atoms with E-state index in [-0.39, 0.29) is 0 Å². The molecule has 2 N–H and O–H groups in total. The maximum absolute atomic E-state index is 5.54. The summed E-state index contributed by atoms with van der Waals surface area (Å²) in [5.41, 5.74) is 7.88. The van der Waals surface area contributed by atoms with Gasteiger partial charge in [0.1, 0.15) is 0 Å². The maximum Gasteiger partial charge on any atom is 0.0596 e. The second-order valence-electron chi connectivity index (χ2n) is 3.26. The van der Waals surface area contributed by atoms with E-state index < -0.39 is 0 Å². The van der Waals surface area contributed by atoms with Gasteiger partial charge in [0.15, 0.2) is 0 Å². The molecule has 0 aliphatic heterocycles. The molecule has 0 amide bonds. The summed E-state index contributed by atoms with van der Waals surface area (Å²) in [4.78, 5) is 0. The van der Waals surface area contributed by atoms with Gasteiger partial charge in [-0.3, -0.25) is 4.68 Å². The minimum Gasteiger partial charge on any atom is -0.329 e. The summed E-state index contributed by atoms with van der Waals surface area (Å²) in [6.45, 7) is 4.90. The van der Waals surface area contributed by atoms with Crippen molar-refractivity contribution < 1.29 is 0 Å². The molecule has 1 aromatic heterocycles. The van der Waals surface area contributed by atoms with Crippen molar-refractivity contribution in [2.45, 2.75) is 24.9 Å². The largest absolute Gasteiger partial charge is 0.329 e. The fourth-order valence-corrected chi connectivity index (χ4v) is 1.96. The minimum atomic E-state index is 0.523. The van der Waals surface area contributed by atoms with Crippen molar-refractivity contribution in [3.8, 4) is 0 Å². The molecule has 74 valence electrons. The Bertz CT molecular complexity index is 270. The number of aromatic nitrogens is 2. The molecule has 3 nitrogen and oxygen atoms in total. The first kappa shape index (κ1) is 10.6. The predicted molar refractivity (Wildman–Crippen MR) is 57.8 cm³/mol. The SMILES string of the molecule is Cc1cc(CSC(C)CN)n(C)n1. The fraction of sp³-hybridized carbons (Fsp3) is 0.667. The average Bonchev–Trinajstić information content (AvgIpc) is 2.41. The number of thioether (sulfide) groups is 1. The van der Waals surface area contributed by atoms with Gasteiger partial charge in [0, 0.05) is 30.3 Å². The van der Waals surface area contributed by atoms with Gasteiger partial charge in [0.25, 0.3) is 0 Å². The van der Waals surface area contributed by atoms with E-state index in [2.05, 4.69) is 18.1 Å². The zero-order valence-corrected chi connectivity index (χ0v) is 9.27. The molecule has 0 aromatic carbocycles. The minimum absolute atomic E-state index is 0.523. The van der Waals surface area contributed by atoms with Crippen molar-refractivity contribution >= 4 is 11.8 Å². The van der Waals surface area contributed by atoms with Gasteiger partial charge in [-0.25, -0.2) is 0 Å². The molecule has 0 radical (unpaired) electrons. The molecule has 0 spiro atoms. The summed E-state index contributed by atoms with van der Waals surface area (Å²) in [5, 5.41) is 4.81. The van der Waals surface area contributed by atoms with Crippen molar-refractivity contribution in [3.63, 3.8) is 0 Å². The zero-order chi connectivity index (χ0) is 9.84. The van der Waals surface area contributed by atoms with Gasteiger partial charge in [0.05, 0.1) is 5.69 Å². The number of aryl methyl sites for hydroxylation is 2. The second-order valence-corrected chi connectivity index (χ2v) is 4.68. The summed E-state index contributed by atoms with van der Waals surface area (Å²) < 4.78 is 1.94. The quantitative estimate of drug-likeness (QED) is 0.795. The van der Waals surface area contributed by atoms with E-state index in [1.54, 1.807) is 0 Å². The molecule has 13 heavy (non-hydrogen) atoms. The second kappa shape index (κ2) is 4.67. The van der Waals surface area contributed by atoms with Gasteiger partial charge in [-0.1, -0.05) is 6.92 Å². The zero-order valence-electron chi connectivity index (χ0n) is 8.45. The Morgan fingerprint density at radius 2 is 2.38 bits per heavy atom. The lowest BCUT2D eigenvalue weighted by atomic mass is 10.4. The van der Waals surface area contributed by atoms with Crippen LogP contribution in [0.2, 0.25) is 0 Å². The molecule has 1 rings (SSSR count). The molecule has 1 unspecified atom stereocenters. The van der Waals surface area contributed by atoms with Gasteiger partial charge < -0.3 is 5.73 Å². The molecule has 0 saturated heterocycles. The van der Waals surface area contributed by atoms with Gasteiger partial charge in [-0.05, 0) is 13.0 Å². The smallest absolute Gasteiger partial charge is 0.0596 e. The first-order chi connectivity index (χ1) is 6.13. The molecule has 4 heteroatoms. The topological polar surface area (TPSA) is 43.8 Å². The van der Waals surface area contributed by atoms with Crippen LogP contribution in [0.5, 0.6) is 0 Å². The fourth-order valence-electron chi connectivity index (χ4n) is 1.09. The highest BCUT2D eigenvalue weighted by molar-refractivity contribution is 7.99. The Morgan fingerprint density at radius 1 is 1.69 bits per heavy atom. The van der Waals surface area contributed by atoms with E-state index >= 15 is 0 Å². The van der Waals surface area contributed by atoms with Crippen LogP contribution in [0, 0.1) is 6.92 Å². The lowest BCUT2D eigenvalue weighted by molar-refractivity contribution is 0.727. The number of hydrogen-bond acceptors (Lipinski definition) is 3. The molecule has 1 atom stereocenters. The summed E-state index contributed by atoms with van der Waals surface area (Å²) >= 11 is 1.87. The third kappa shape index (κ3) is 3.04. The van der Waals surface area contributed by atoms with Gasteiger partial charge in [-0.2, -0.15) is 16.9 Å². The van der Waals surface area contributed by atoms with Crippen molar-refractivity contribution in [3.05, 3.63) is 17.5 Å². The van der Waals surface area contributed by atoms with Crippen molar-refractivity contribution in [1.29, 1.82) is 0 Å². The Balaban J connectivity index is 2.49. The molecular weight excluding hydrogens is 182 g/mol. The van der Waals surface area contributed by atoms with E-state index in [0.717, 1.165) is 18.0 Å². The molecule has 0 saturated carbocycles. The summed E-state index contributed by atoms with van der Waals surface area (Å²) in [6, 6.07) is 2.12. The predicted octanol–water partition coefficient (Wildman–Crippen LogP) is 1.31.